The molecule has 0 radical (unpaired) electrons. The number of amides is 4. The van der Waals surface area contributed by atoms with Gasteiger partial charge in [0.1, 0.15) is 12.5 Å². The third-order valence-electron chi connectivity index (χ3n) is 6.58. The average Bonchev–Trinajstić information content (AvgIpc) is 3.22. The highest BCUT2D eigenvalue weighted by Gasteiger charge is 2.36. The number of imide groups is 1. The fourth-order valence-electron chi connectivity index (χ4n) is 4.51. The molecule has 2 saturated heterocycles. The van der Waals surface area contributed by atoms with Crippen molar-refractivity contribution in [1.29, 1.82) is 0 Å². The smallest absolute Gasteiger partial charge is 0.407 e. The van der Waals surface area contributed by atoms with E-state index in [4.69, 9.17) is 4.74 Å². The number of hydrogen-bond donors (Lipinski definition) is 1. The fourth-order valence-corrected chi connectivity index (χ4v) is 5.26. The summed E-state index contributed by atoms with van der Waals surface area (Å²) in [6, 6.07) is 3.20. The Morgan fingerprint density at radius 3 is 2.57 bits per heavy atom. The van der Waals surface area contributed by atoms with E-state index in [9.17, 15) is 19.5 Å². The molecule has 0 unspecified atom stereocenters. The molecule has 35 heavy (non-hydrogen) atoms. The molecular weight excluding hydrogens is 473 g/mol. The van der Waals surface area contributed by atoms with Gasteiger partial charge in [0.15, 0.2) is 0 Å². The number of aromatic nitrogens is 2. The third-order valence-corrected chi connectivity index (χ3v) is 8.29. The van der Waals surface area contributed by atoms with Gasteiger partial charge in [-0.2, -0.15) is 5.10 Å². The molecular formula is C23H32FN5O5Si. The first-order valence-corrected chi connectivity index (χ1v) is 15.6. The zero-order chi connectivity index (χ0) is 25.3. The van der Waals surface area contributed by atoms with Crippen molar-refractivity contribution in [3.8, 4) is 0 Å². The van der Waals surface area contributed by atoms with Gasteiger partial charge >= 0.3 is 12.1 Å². The van der Waals surface area contributed by atoms with Crippen molar-refractivity contribution in [1.82, 2.24) is 19.6 Å². The summed E-state index contributed by atoms with van der Waals surface area (Å²) in [5.74, 6) is -0.909. The van der Waals surface area contributed by atoms with Gasteiger partial charge in [0, 0.05) is 46.1 Å². The molecule has 12 heteroatoms. The lowest BCUT2D eigenvalue weighted by Gasteiger charge is -2.34. The number of likely N-dealkylation sites (tertiary alicyclic amines) is 1. The highest BCUT2D eigenvalue weighted by molar-refractivity contribution is 6.76. The summed E-state index contributed by atoms with van der Waals surface area (Å²) in [4.78, 5) is 40.6. The van der Waals surface area contributed by atoms with E-state index in [1.54, 1.807) is 10.7 Å². The number of benzene rings is 1. The fraction of sp³-hybridized carbons (Fsp3) is 0.565. The molecule has 0 spiro atoms. The number of anilines is 1. The van der Waals surface area contributed by atoms with Crippen molar-refractivity contribution in [2.45, 2.75) is 51.0 Å². The monoisotopic (exact) mass is 505 g/mol. The van der Waals surface area contributed by atoms with Crippen LogP contribution in [0, 0.1) is 5.82 Å². The van der Waals surface area contributed by atoms with Crippen LogP contribution in [-0.2, 0) is 9.53 Å². The normalized spacial score (nSPS) is 18.1. The quantitative estimate of drug-likeness (QED) is 0.451. The minimum atomic E-state index is -1.32. The number of carboxylic acid groups (broad SMARTS) is 1. The van der Waals surface area contributed by atoms with Crippen LogP contribution in [0.15, 0.2) is 18.3 Å². The number of nitrogens with zero attached hydrogens (tertiary/aromatic N) is 5. The van der Waals surface area contributed by atoms with Crippen LogP contribution >= 0.6 is 0 Å². The number of halogens is 1. The summed E-state index contributed by atoms with van der Waals surface area (Å²) in [5.41, 5.74) is 0.763. The number of carbonyl (C=O) groups excluding carboxylic acids is 2. The molecule has 2 fully saturated rings. The van der Waals surface area contributed by atoms with Crippen molar-refractivity contribution >= 4 is 42.7 Å². The lowest BCUT2D eigenvalue weighted by atomic mass is 10.1. The Balaban J connectivity index is 1.55. The third kappa shape index (κ3) is 5.32. The molecule has 2 aliphatic heterocycles. The largest absolute Gasteiger partial charge is 0.465 e. The number of piperidine rings is 1. The second kappa shape index (κ2) is 9.94. The zero-order valence-corrected chi connectivity index (χ0v) is 21.4. The molecule has 2 aromatic rings. The summed E-state index contributed by atoms with van der Waals surface area (Å²) in [6.07, 6.45) is 1.85. The van der Waals surface area contributed by atoms with Gasteiger partial charge < -0.3 is 14.7 Å². The van der Waals surface area contributed by atoms with Crippen LogP contribution in [-0.4, -0.2) is 83.8 Å². The molecule has 0 saturated carbocycles. The molecule has 0 atom stereocenters. The van der Waals surface area contributed by atoms with Crippen LogP contribution in [0.25, 0.3) is 10.9 Å². The summed E-state index contributed by atoms with van der Waals surface area (Å²) in [5, 5.41) is 14.1. The van der Waals surface area contributed by atoms with E-state index < -0.39 is 26.0 Å². The molecule has 10 nitrogen and oxygen atoms in total. The summed E-state index contributed by atoms with van der Waals surface area (Å²) >= 11 is 0. The number of fused-ring (bicyclic) bond motifs is 1. The number of rotatable bonds is 7. The molecule has 3 heterocycles. The average molecular weight is 506 g/mol. The van der Waals surface area contributed by atoms with E-state index in [2.05, 4.69) is 24.7 Å². The van der Waals surface area contributed by atoms with Gasteiger partial charge in [0.05, 0.1) is 23.4 Å². The number of carbonyl (C=O) groups is 3. The molecule has 190 valence electrons. The van der Waals surface area contributed by atoms with E-state index in [0.717, 1.165) is 10.9 Å². The minimum absolute atomic E-state index is 0.0312. The minimum Gasteiger partial charge on any atom is -0.465 e. The van der Waals surface area contributed by atoms with Gasteiger partial charge in [0.25, 0.3) is 0 Å². The van der Waals surface area contributed by atoms with Gasteiger partial charge in [-0.05, 0) is 31.0 Å². The summed E-state index contributed by atoms with van der Waals surface area (Å²) in [6.45, 7) is 7.82. The Hall–Kier alpha value is -2.99. The Labute approximate surface area is 204 Å². The summed E-state index contributed by atoms with van der Waals surface area (Å²) in [7, 11) is -1.32. The second-order valence-corrected chi connectivity index (χ2v) is 15.9. The second-order valence-electron chi connectivity index (χ2n) is 10.3. The summed E-state index contributed by atoms with van der Waals surface area (Å²) < 4.78 is 22.5. The number of hydrogen-bond acceptors (Lipinski definition) is 5. The molecule has 0 bridgehead atoms. The standard InChI is InChI=1S/C23H32FN5O5Si/c1-35(2,3)13-12-34-15-28-20(30)8-11-27(22(28)31)21-17-14-25-29(19(17)5-4-18(21)24)16-6-9-26(10-7-16)23(32)33/h4-5,14,16H,6-13,15H2,1-3H3,(H,32,33). The van der Waals surface area contributed by atoms with Gasteiger partial charge in [-0.1, -0.05) is 19.6 Å². The predicted molar refractivity (Wildman–Crippen MR) is 131 cm³/mol. The van der Waals surface area contributed by atoms with E-state index in [1.807, 2.05) is 0 Å². The molecule has 1 aromatic heterocycles. The van der Waals surface area contributed by atoms with Crippen molar-refractivity contribution in [3.63, 3.8) is 0 Å². The van der Waals surface area contributed by atoms with Crippen molar-refractivity contribution < 1.29 is 28.6 Å². The highest BCUT2D eigenvalue weighted by atomic mass is 28.3. The van der Waals surface area contributed by atoms with Crippen molar-refractivity contribution in [2.75, 3.05) is 37.9 Å². The van der Waals surface area contributed by atoms with Gasteiger partial charge in [-0.15, -0.1) is 0 Å². The van der Waals surface area contributed by atoms with Crippen LogP contribution in [0.1, 0.15) is 25.3 Å². The van der Waals surface area contributed by atoms with Crippen molar-refractivity contribution in [3.05, 3.63) is 24.1 Å². The maximum atomic E-state index is 15.1. The maximum absolute atomic E-state index is 15.1. The molecule has 4 amide bonds. The molecule has 0 aliphatic carbocycles. The molecule has 2 aliphatic rings. The Bertz CT molecular complexity index is 1130. The van der Waals surface area contributed by atoms with E-state index in [0.29, 0.717) is 43.4 Å². The number of ether oxygens (including phenoxy) is 1. The van der Waals surface area contributed by atoms with Gasteiger partial charge in [-0.25, -0.2) is 18.9 Å². The number of urea groups is 1. The first kappa shape index (κ1) is 25.1. The van der Waals surface area contributed by atoms with Crippen molar-refractivity contribution in [2.24, 2.45) is 0 Å². The molecule has 1 aromatic carbocycles. The lowest BCUT2D eigenvalue weighted by Crippen LogP contribution is -2.53. The van der Waals surface area contributed by atoms with Gasteiger partial charge in [0.2, 0.25) is 5.91 Å². The predicted octanol–water partition coefficient (Wildman–Crippen LogP) is 3.96. The van der Waals surface area contributed by atoms with Crippen LogP contribution in [0.3, 0.4) is 0 Å². The molecule has 4 rings (SSSR count). The van der Waals surface area contributed by atoms with Crippen LogP contribution < -0.4 is 4.90 Å². The van der Waals surface area contributed by atoms with E-state index >= 15 is 4.39 Å². The first-order chi connectivity index (χ1) is 16.6. The topological polar surface area (TPSA) is 108 Å². The van der Waals surface area contributed by atoms with E-state index in [1.165, 1.54) is 22.1 Å². The Morgan fingerprint density at radius 1 is 1.20 bits per heavy atom. The Kier molecular flexibility index (Phi) is 7.13. The molecule has 1 N–H and O–H groups in total. The van der Waals surface area contributed by atoms with Crippen LogP contribution in [0.4, 0.5) is 19.7 Å². The van der Waals surface area contributed by atoms with Gasteiger partial charge in [-0.3, -0.25) is 14.4 Å². The Morgan fingerprint density at radius 2 is 1.91 bits per heavy atom. The van der Waals surface area contributed by atoms with Crippen LogP contribution in [0.5, 0.6) is 0 Å². The maximum Gasteiger partial charge on any atom is 0.407 e. The van der Waals surface area contributed by atoms with Crippen LogP contribution in [0.2, 0.25) is 25.7 Å². The SMILES string of the molecule is C[Si](C)(C)CCOCN1C(=O)CCN(c2c(F)ccc3c2cnn3C2CCN(C(=O)O)CC2)C1=O. The lowest BCUT2D eigenvalue weighted by molar-refractivity contribution is -0.133. The van der Waals surface area contributed by atoms with E-state index in [-0.39, 0.29) is 37.3 Å². The zero-order valence-electron chi connectivity index (χ0n) is 20.4. The first-order valence-electron chi connectivity index (χ1n) is 11.9. The highest BCUT2D eigenvalue weighted by Crippen LogP contribution is 2.35.